The molecule has 5 rings (SSSR count). The van der Waals surface area contributed by atoms with Gasteiger partial charge in [0, 0.05) is 18.8 Å². The van der Waals surface area contributed by atoms with Gasteiger partial charge in [-0.1, -0.05) is 30.7 Å². The number of para-hydroxylation sites is 1. The molecule has 7 nitrogen and oxygen atoms in total. The van der Waals surface area contributed by atoms with Crippen molar-refractivity contribution >= 4 is 11.8 Å². The summed E-state index contributed by atoms with van der Waals surface area (Å²) in [6.45, 7) is 6.03. The number of rotatable bonds is 3. The lowest BCUT2D eigenvalue weighted by Gasteiger charge is -2.41. The Bertz CT molecular complexity index is 1110. The van der Waals surface area contributed by atoms with Gasteiger partial charge in [0.25, 0.3) is 0 Å². The predicted octanol–water partition coefficient (Wildman–Crippen LogP) is 4.45. The van der Waals surface area contributed by atoms with Gasteiger partial charge < -0.3 is 15.0 Å². The topological polar surface area (TPSA) is 74.8 Å². The molecule has 2 fully saturated rings. The molecular weight excluding hydrogens is 476 g/mol. The Morgan fingerprint density at radius 3 is 2.71 bits per heavy atom. The molecule has 4 heterocycles. The van der Waals surface area contributed by atoms with Gasteiger partial charge >= 0.3 is 0 Å². The van der Waals surface area contributed by atoms with Crippen LogP contribution in [-0.4, -0.2) is 65.9 Å². The van der Waals surface area contributed by atoms with Gasteiger partial charge in [-0.25, -0.2) is 0 Å². The van der Waals surface area contributed by atoms with Crippen molar-refractivity contribution in [3.05, 3.63) is 59.4 Å². The average molecular weight is 519 g/mol. The predicted molar refractivity (Wildman–Crippen MR) is 148 cm³/mol. The molecule has 0 aliphatic carbocycles. The van der Waals surface area contributed by atoms with E-state index in [0.717, 1.165) is 94.6 Å². The quantitative estimate of drug-likeness (QED) is 0.650. The molecule has 0 radical (unpaired) electrons. The van der Waals surface area contributed by atoms with E-state index in [1.807, 2.05) is 42.2 Å². The molecule has 2 amide bonds. The van der Waals surface area contributed by atoms with Crippen LogP contribution in [-0.2, 0) is 16.0 Å². The minimum Gasteiger partial charge on any atom is -0.493 e. The van der Waals surface area contributed by atoms with Crippen molar-refractivity contribution < 1.29 is 14.3 Å². The van der Waals surface area contributed by atoms with Gasteiger partial charge in [-0.3, -0.25) is 19.5 Å². The van der Waals surface area contributed by atoms with Crippen molar-refractivity contribution in [2.24, 2.45) is 5.41 Å². The summed E-state index contributed by atoms with van der Waals surface area (Å²) in [5.74, 6) is 1.35. The smallest absolute Gasteiger partial charge is 0.237 e. The van der Waals surface area contributed by atoms with E-state index >= 15 is 0 Å². The Morgan fingerprint density at radius 1 is 1.03 bits per heavy atom. The van der Waals surface area contributed by atoms with Gasteiger partial charge in [-0.05, 0) is 95.1 Å². The molecule has 1 spiro atoms. The molecule has 7 heteroatoms. The highest BCUT2D eigenvalue weighted by molar-refractivity contribution is 5.83. The number of pyridine rings is 1. The lowest BCUT2D eigenvalue weighted by Crippen LogP contribution is -2.51. The van der Waals surface area contributed by atoms with E-state index in [1.54, 1.807) is 0 Å². The fraction of sp³-hybridized carbons (Fsp3) is 0.581. The zero-order chi connectivity index (χ0) is 26.4. The van der Waals surface area contributed by atoms with Gasteiger partial charge in [0.15, 0.2) is 0 Å². The summed E-state index contributed by atoms with van der Waals surface area (Å²) >= 11 is 0. The third kappa shape index (κ3) is 6.20. The number of nitrogens with zero attached hydrogens (tertiary/aromatic N) is 3. The number of carbonyl (C=O) groups is 2. The second-order valence-electron chi connectivity index (χ2n) is 11.3. The van der Waals surface area contributed by atoms with Crippen LogP contribution in [0.25, 0.3) is 0 Å². The lowest BCUT2D eigenvalue weighted by molar-refractivity contribution is -0.137. The Balaban J connectivity index is 1.18. The third-order valence-electron chi connectivity index (χ3n) is 8.67. The van der Waals surface area contributed by atoms with Crippen LogP contribution in [0, 0.1) is 12.3 Å². The van der Waals surface area contributed by atoms with Crippen LogP contribution in [0.15, 0.2) is 42.5 Å². The number of aromatic nitrogens is 1. The van der Waals surface area contributed by atoms with Gasteiger partial charge in [0.2, 0.25) is 11.8 Å². The Hall–Kier alpha value is -2.93. The standard InChI is InChI=1S/C31H42N4O3/c1-24-9-6-12-26(33-24)27-13-7-19-35(27)29(36)23-34-20-16-31(17-21-34)15-5-4-11-25-10-2-3-14-28(25)38-22-8-18-32-30(31)37/h2-3,6,9-10,12,14,27H,4-5,7-8,11,13,15-23H2,1H3,(H,32,37). The fourth-order valence-electron chi connectivity index (χ4n) is 6.41. The number of hydrogen-bond acceptors (Lipinski definition) is 5. The van der Waals surface area contributed by atoms with Gasteiger partial charge in [-0.15, -0.1) is 0 Å². The average Bonchev–Trinajstić information content (AvgIpc) is 3.43. The van der Waals surface area contributed by atoms with Crippen LogP contribution in [0.2, 0.25) is 0 Å². The highest BCUT2D eigenvalue weighted by atomic mass is 16.5. The lowest BCUT2D eigenvalue weighted by atomic mass is 9.73. The molecule has 0 bridgehead atoms. The molecule has 0 saturated carbocycles. The van der Waals surface area contributed by atoms with E-state index < -0.39 is 0 Å². The summed E-state index contributed by atoms with van der Waals surface area (Å²) in [6, 6.07) is 14.5. The van der Waals surface area contributed by atoms with Crippen LogP contribution < -0.4 is 10.1 Å². The molecule has 38 heavy (non-hydrogen) atoms. The SMILES string of the molecule is Cc1cccc(C2CCCN2C(=O)CN2CCC3(CCCCc4ccccc4OCCCNC3=O)CC2)n1. The van der Waals surface area contributed by atoms with E-state index in [9.17, 15) is 9.59 Å². The summed E-state index contributed by atoms with van der Waals surface area (Å²) in [5.41, 5.74) is 2.91. The number of piperidine rings is 1. The molecule has 3 aliphatic heterocycles. The number of hydrogen-bond donors (Lipinski definition) is 1. The first-order valence-electron chi connectivity index (χ1n) is 14.5. The van der Waals surface area contributed by atoms with Crippen molar-refractivity contribution in [3.63, 3.8) is 0 Å². The number of likely N-dealkylation sites (tertiary alicyclic amines) is 2. The van der Waals surface area contributed by atoms with Gasteiger partial charge in [0.05, 0.1) is 30.3 Å². The minimum absolute atomic E-state index is 0.0776. The van der Waals surface area contributed by atoms with Crippen molar-refractivity contribution in [2.45, 2.75) is 70.8 Å². The summed E-state index contributed by atoms with van der Waals surface area (Å²) in [6.07, 6.45) is 8.33. The van der Waals surface area contributed by atoms with E-state index in [4.69, 9.17) is 9.72 Å². The maximum atomic E-state index is 13.4. The molecule has 204 valence electrons. The van der Waals surface area contributed by atoms with Gasteiger partial charge in [0.1, 0.15) is 5.75 Å². The fourth-order valence-corrected chi connectivity index (χ4v) is 6.41. The normalized spacial score (nSPS) is 22.9. The number of aryl methyl sites for hydroxylation is 2. The number of amides is 2. The van der Waals surface area contributed by atoms with Crippen LogP contribution in [0.1, 0.15) is 74.4 Å². The van der Waals surface area contributed by atoms with Crippen LogP contribution >= 0.6 is 0 Å². The number of benzene rings is 1. The van der Waals surface area contributed by atoms with Gasteiger partial charge in [-0.2, -0.15) is 0 Å². The minimum atomic E-state index is -0.338. The van der Waals surface area contributed by atoms with Crippen molar-refractivity contribution in [2.75, 3.05) is 39.3 Å². The number of ether oxygens (including phenoxy) is 1. The first kappa shape index (κ1) is 26.7. The van der Waals surface area contributed by atoms with Crippen molar-refractivity contribution in [1.82, 2.24) is 20.1 Å². The highest BCUT2D eigenvalue weighted by Gasteiger charge is 2.41. The maximum absolute atomic E-state index is 13.4. The molecular formula is C31H42N4O3. The zero-order valence-corrected chi connectivity index (χ0v) is 22.8. The second kappa shape index (κ2) is 12.3. The maximum Gasteiger partial charge on any atom is 0.237 e. The van der Waals surface area contributed by atoms with E-state index in [2.05, 4.69) is 22.3 Å². The monoisotopic (exact) mass is 518 g/mol. The number of nitrogens with one attached hydrogen (secondary N) is 1. The van der Waals surface area contributed by atoms with Crippen LogP contribution in [0.3, 0.4) is 0 Å². The number of fused-ring (bicyclic) bond motifs is 1. The van der Waals surface area contributed by atoms with E-state index in [0.29, 0.717) is 19.7 Å². The molecule has 1 aromatic heterocycles. The largest absolute Gasteiger partial charge is 0.493 e. The molecule has 1 unspecified atom stereocenters. The molecule has 1 N–H and O–H groups in total. The molecule has 1 atom stereocenters. The molecule has 2 saturated heterocycles. The van der Waals surface area contributed by atoms with E-state index in [-0.39, 0.29) is 23.3 Å². The van der Waals surface area contributed by atoms with E-state index in [1.165, 1.54) is 5.56 Å². The third-order valence-corrected chi connectivity index (χ3v) is 8.67. The summed E-state index contributed by atoms with van der Waals surface area (Å²) < 4.78 is 6.01. The summed E-state index contributed by atoms with van der Waals surface area (Å²) in [5, 5.41) is 3.21. The molecule has 2 aromatic rings. The molecule has 1 aromatic carbocycles. The van der Waals surface area contributed by atoms with Crippen molar-refractivity contribution in [1.29, 1.82) is 0 Å². The zero-order valence-electron chi connectivity index (χ0n) is 22.8. The Labute approximate surface area is 226 Å². The Kier molecular flexibility index (Phi) is 8.62. The second-order valence-corrected chi connectivity index (χ2v) is 11.3. The highest BCUT2D eigenvalue weighted by Crippen LogP contribution is 2.38. The first-order chi connectivity index (χ1) is 18.5. The first-order valence-corrected chi connectivity index (χ1v) is 14.5. The van der Waals surface area contributed by atoms with Crippen LogP contribution in [0.4, 0.5) is 0 Å². The Morgan fingerprint density at radius 2 is 1.87 bits per heavy atom. The van der Waals surface area contributed by atoms with Crippen molar-refractivity contribution in [3.8, 4) is 5.75 Å². The van der Waals surface area contributed by atoms with Crippen LogP contribution in [0.5, 0.6) is 5.75 Å². The summed E-state index contributed by atoms with van der Waals surface area (Å²) in [4.78, 5) is 35.8. The molecule has 3 aliphatic rings. The number of carbonyl (C=O) groups excluding carboxylic acids is 2. The summed E-state index contributed by atoms with van der Waals surface area (Å²) in [7, 11) is 0.